The van der Waals surface area contributed by atoms with E-state index >= 15 is 0 Å². The van der Waals surface area contributed by atoms with Gasteiger partial charge >= 0.3 is 0 Å². The first-order valence-corrected chi connectivity index (χ1v) is 15.0. The molecule has 1 N–H and O–H groups in total. The Hall–Kier alpha value is -0.290. The number of halogens is 1. The summed E-state index contributed by atoms with van der Waals surface area (Å²) in [5, 5.41) is 2.92. The van der Waals surface area contributed by atoms with Crippen LogP contribution in [0.15, 0.2) is 0 Å². The molecule has 0 unspecified atom stereocenters. The maximum absolute atomic E-state index is 11.9. The lowest BCUT2D eigenvalue weighted by Gasteiger charge is -2.08. The van der Waals surface area contributed by atoms with Crippen molar-refractivity contribution in [1.82, 2.24) is 5.32 Å². The molecule has 35 heavy (non-hydrogen) atoms. The Balaban J connectivity index is 3.15. The number of ether oxygens (including phenoxy) is 4. The molecule has 7 nitrogen and oxygen atoms in total. The monoisotopic (exact) mass is 613 g/mol. The molecule has 0 radical (unpaired) electrons. The molecule has 0 saturated carbocycles. The van der Waals surface area contributed by atoms with Gasteiger partial charge in [0.05, 0.1) is 52.9 Å². The fourth-order valence-corrected chi connectivity index (χ4v) is 3.79. The average Bonchev–Trinajstić information content (AvgIpc) is 2.84. The van der Waals surface area contributed by atoms with Crippen molar-refractivity contribution in [3.05, 3.63) is 0 Å². The number of carbonyl (C=O) groups is 2. The number of unbranched alkanes of at least 4 members (excludes halogenated alkanes) is 12. The number of carbonyl (C=O) groups excluding carboxylic acids is 2. The Labute approximate surface area is 228 Å². The predicted octanol–water partition coefficient (Wildman–Crippen LogP) is 6.00. The first-order valence-electron chi connectivity index (χ1n) is 13.9. The van der Waals surface area contributed by atoms with E-state index in [9.17, 15) is 9.59 Å². The molecule has 208 valence electrons. The van der Waals surface area contributed by atoms with Gasteiger partial charge in [-0.1, -0.05) is 84.0 Å². The van der Waals surface area contributed by atoms with E-state index in [1.807, 2.05) is 0 Å². The zero-order valence-electron chi connectivity index (χ0n) is 22.3. The van der Waals surface area contributed by atoms with Gasteiger partial charge in [-0.05, 0) is 29.0 Å². The second kappa shape index (κ2) is 29.9. The molecule has 0 aliphatic carbocycles. The lowest BCUT2D eigenvalue weighted by Crippen LogP contribution is -2.27. The molecular weight excluding hydrogens is 561 g/mol. The van der Waals surface area contributed by atoms with Crippen LogP contribution < -0.4 is 5.32 Å². The van der Waals surface area contributed by atoms with Crippen molar-refractivity contribution < 1.29 is 28.5 Å². The molecule has 0 spiro atoms. The Morgan fingerprint density at radius 2 is 0.943 bits per heavy atom. The van der Waals surface area contributed by atoms with Crippen LogP contribution in [0, 0.1) is 0 Å². The van der Waals surface area contributed by atoms with Crippen molar-refractivity contribution in [2.24, 2.45) is 0 Å². The topological polar surface area (TPSA) is 83.1 Å². The average molecular weight is 614 g/mol. The van der Waals surface area contributed by atoms with Gasteiger partial charge in [0, 0.05) is 19.4 Å². The van der Waals surface area contributed by atoms with Crippen molar-refractivity contribution in [3.8, 4) is 0 Å². The summed E-state index contributed by atoms with van der Waals surface area (Å²) in [7, 11) is 0. The molecule has 0 bridgehead atoms. The summed E-state index contributed by atoms with van der Waals surface area (Å²) in [5.41, 5.74) is 0. The second-order valence-corrected chi connectivity index (χ2v) is 10.1. The maximum Gasteiger partial charge on any atom is 0.220 e. The second-order valence-electron chi connectivity index (χ2n) is 8.90. The van der Waals surface area contributed by atoms with Gasteiger partial charge in [0.2, 0.25) is 5.91 Å². The number of hydrogen-bond donors (Lipinski definition) is 1. The minimum absolute atomic E-state index is 0.103. The quantitative estimate of drug-likeness (QED) is 0.0633. The fourth-order valence-electron chi connectivity index (χ4n) is 3.57. The van der Waals surface area contributed by atoms with Crippen molar-refractivity contribution in [2.75, 3.05) is 59.4 Å². The van der Waals surface area contributed by atoms with E-state index in [1.54, 1.807) is 22.6 Å². The smallest absolute Gasteiger partial charge is 0.220 e. The van der Waals surface area contributed by atoms with Gasteiger partial charge in [0.15, 0.2) is 3.79 Å². The molecule has 0 fully saturated rings. The summed E-state index contributed by atoms with van der Waals surface area (Å²) in [5.74, 6) is 0.120. The van der Waals surface area contributed by atoms with Gasteiger partial charge < -0.3 is 24.3 Å². The van der Waals surface area contributed by atoms with E-state index in [4.69, 9.17) is 18.9 Å². The van der Waals surface area contributed by atoms with Gasteiger partial charge in [0.1, 0.15) is 0 Å². The molecule has 0 heterocycles. The van der Waals surface area contributed by atoms with Crippen molar-refractivity contribution in [1.29, 1.82) is 0 Å². The van der Waals surface area contributed by atoms with E-state index in [1.165, 1.54) is 70.6 Å². The first kappa shape index (κ1) is 34.7. The molecule has 0 aromatic heterocycles. The number of amides is 1. The largest absolute Gasteiger partial charge is 0.379 e. The third-order valence-corrected chi connectivity index (χ3v) is 6.17. The normalized spacial score (nSPS) is 11.1. The van der Waals surface area contributed by atoms with E-state index in [-0.39, 0.29) is 9.70 Å². The Morgan fingerprint density at radius 3 is 1.40 bits per heavy atom. The third-order valence-electron chi connectivity index (χ3n) is 5.63. The van der Waals surface area contributed by atoms with E-state index < -0.39 is 0 Å². The van der Waals surface area contributed by atoms with Gasteiger partial charge in [-0.3, -0.25) is 9.59 Å². The van der Waals surface area contributed by atoms with Crippen LogP contribution in [0.2, 0.25) is 0 Å². The summed E-state index contributed by atoms with van der Waals surface area (Å²) in [4.78, 5) is 22.6. The zero-order chi connectivity index (χ0) is 25.7. The minimum atomic E-state index is 0.103. The number of hydrogen-bond acceptors (Lipinski definition) is 6. The van der Waals surface area contributed by atoms with Crippen LogP contribution >= 0.6 is 22.6 Å². The molecule has 0 atom stereocenters. The number of nitrogens with one attached hydrogen (secondary N) is 1. The van der Waals surface area contributed by atoms with Crippen LogP contribution in [0.1, 0.15) is 103 Å². The van der Waals surface area contributed by atoms with Crippen LogP contribution in [-0.4, -0.2) is 69.1 Å². The summed E-state index contributed by atoms with van der Waals surface area (Å²) in [6.45, 7) is 6.75. The van der Waals surface area contributed by atoms with Crippen molar-refractivity contribution in [3.63, 3.8) is 0 Å². The van der Waals surface area contributed by atoms with Crippen molar-refractivity contribution >= 4 is 32.3 Å². The molecule has 0 aromatic rings. The molecule has 8 heteroatoms. The molecule has 0 aromatic carbocycles. The zero-order valence-corrected chi connectivity index (χ0v) is 24.5. The standard InChI is InChI=1S/C27H52INO6/c1-2-3-4-5-6-7-8-9-10-11-12-13-14-15-27(31)29-17-19-33-21-23-35-25-24-34-22-20-32-18-16-26(28)30/h2-25H2,1H3,(H,29,31). The fraction of sp³-hybridized carbons (Fsp3) is 0.926. The Morgan fingerprint density at radius 1 is 0.543 bits per heavy atom. The summed E-state index contributed by atoms with van der Waals surface area (Å²) >= 11 is 1.76. The van der Waals surface area contributed by atoms with Crippen LogP contribution in [0.5, 0.6) is 0 Å². The molecule has 0 aliphatic rings. The van der Waals surface area contributed by atoms with Gasteiger partial charge in [-0.25, -0.2) is 0 Å². The highest BCUT2D eigenvalue weighted by atomic mass is 127. The Kier molecular flexibility index (Phi) is 29.7. The van der Waals surface area contributed by atoms with E-state index in [0.717, 1.165) is 12.8 Å². The van der Waals surface area contributed by atoms with Gasteiger partial charge in [-0.2, -0.15) is 0 Å². The molecular formula is C27H52INO6. The van der Waals surface area contributed by atoms with E-state index in [2.05, 4.69) is 12.2 Å². The summed E-state index contributed by atoms with van der Waals surface area (Å²) < 4.78 is 21.6. The highest BCUT2D eigenvalue weighted by molar-refractivity contribution is 14.1. The summed E-state index contributed by atoms with van der Waals surface area (Å²) in [6, 6.07) is 0. The van der Waals surface area contributed by atoms with Gasteiger partial charge in [-0.15, -0.1) is 0 Å². The highest BCUT2D eigenvalue weighted by Gasteiger charge is 2.01. The molecule has 1 amide bonds. The van der Waals surface area contributed by atoms with Gasteiger partial charge in [0.25, 0.3) is 0 Å². The third kappa shape index (κ3) is 31.7. The lowest BCUT2D eigenvalue weighted by atomic mass is 10.0. The molecule has 0 rings (SSSR count). The lowest BCUT2D eigenvalue weighted by molar-refractivity contribution is -0.121. The highest BCUT2D eigenvalue weighted by Crippen LogP contribution is 2.12. The van der Waals surface area contributed by atoms with Crippen LogP contribution in [0.4, 0.5) is 0 Å². The SMILES string of the molecule is CCCCCCCCCCCCCCCC(=O)NCCOCCOCCOCCOCCC(=O)I. The van der Waals surface area contributed by atoms with E-state index in [0.29, 0.717) is 72.2 Å². The van der Waals surface area contributed by atoms with Crippen LogP contribution in [0.25, 0.3) is 0 Å². The number of rotatable bonds is 29. The minimum Gasteiger partial charge on any atom is -0.379 e. The molecule has 0 saturated heterocycles. The Bertz CT molecular complexity index is 467. The summed E-state index contributed by atoms with van der Waals surface area (Å²) in [6.07, 6.45) is 18.2. The van der Waals surface area contributed by atoms with Crippen LogP contribution in [-0.2, 0) is 28.5 Å². The van der Waals surface area contributed by atoms with Crippen molar-refractivity contribution in [2.45, 2.75) is 103 Å². The predicted molar refractivity (Wildman–Crippen MR) is 150 cm³/mol. The first-order chi connectivity index (χ1) is 17.2. The molecule has 0 aliphatic heterocycles. The maximum atomic E-state index is 11.9. The van der Waals surface area contributed by atoms with Crippen LogP contribution in [0.3, 0.4) is 0 Å².